The molecule has 0 heterocycles. The van der Waals surface area contributed by atoms with Gasteiger partial charge in [-0.25, -0.2) is 4.79 Å². The summed E-state index contributed by atoms with van der Waals surface area (Å²) < 4.78 is 5.17. The second kappa shape index (κ2) is 9.23. The largest absolute Gasteiger partial charge is 0.449 e. The summed E-state index contributed by atoms with van der Waals surface area (Å²) in [4.78, 5) is 37.9. The fraction of sp³-hybridized carbons (Fsp3) is 0.250. The fourth-order valence-corrected chi connectivity index (χ4v) is 2.51. The predicted molar refractivity (Wildman–Crippen MR) is 108 cm³/mol. The van der Waals surface area contributed by atoms with Crippen LogP contribution in [0.1, 0.15) is 22.8 Å². The van der Waals surface area contributed by atoms with E-state index < -0.39 is 18.0 Å². The van der Waals surface area contributed by atoms with Gasteiger partial charge in [-0.05, 0) is 44.2 Å². The average molecular weight is 404 g/mol. The molecule has 0 fully saturated rings. The lowest BCUT2D eigenvalue weighted by molar-refractivity contribution is -0.140. The minimum Gasteiger partial charge on any atom is -0.449 e. The van der Waals surface area contributed by atoms with Crippen LogP contribution in [0.15, 0.2) is 42.5 Å². The van der Waals surface area contributed by atoms with E-state index in [0.717, 1.165) is 5.56 Å². The number of amides is 2. The number of hydrogen-bond donors (Lipinski definition) is 2. The molecule has 0 radical (unpaired) electrons. The molecule has 0 spiro atoms. The lowest BCUT2D eigenvalue weighted by Gasteiger charge is -2.21. The Labute approximate surface area is 168 Å². The zero-order valence-electron chi connectivity index (χ0n) is 15.9. The van der Waals surface area contributed by atoms with E-state index in [2.05, 4.69) is 5.32 Å². The highest BCUT2D eigenvalue weighted by molar-refractivity contribution is 6.33. The van der Waals surface area contributed by atoms with Crippen molar-refractivity contribution in [2.75, 3.05) is 24.6 Å². The van der Waals surface area contributed by atoms with Gasteiger partial charge in [0, 0.05) is 12.7 Å². The zero-order valence-corrected chi connectivity index (χ0v) is 16.6. The number of benzene rings is 2. The monoisotopic (exact) mass is 403 g/mol. The smallest absolute Gasteiger partial charge is 0.338 e. The molecule has 0 saturated carbocycles. The van der Waals surface area contributed by atoms with Gasteiger partial charge in [0.05, 0.1) is 22.8 Å². The van der Waals surface area contributed by atoms with Crippen LogP contribution in [-0.4, -0.2) is 42.4 Å². The summed E-state index contributed by atoms with van der Waals surface area (Å²) in [7, 11) is 1.46. The quantitative estimate of drug-likeness (QED) is 0.570. The Morgan fingerprint density at radius 2 is 1.82 bits per heavy atom. The summed E-state index contributed by atoms with van der Waals surface area (Å²) in [6.45, 7) is 3.20. The van der Waals surface area contributed by atoms with Gasteiger partial charge in [-0.15, -0.1) is 0 Å². The van der Waals surface area contributed by atoms with E-state index in [4.69, 9.17) is 22.1 Å². The normalized spacial score (nSPS) is 11.4. The number of aryl methyl sites for hydroxylation is 1. The van der Waals surface area contributed by atoms with Crippen LogP contribution < -0.4 is 11.1 Å². The molecule has 2 amide bonds. The standard InChI is InChI=1S/C20H22ClN3O4/c1-12-4-7-15(8-5-12)23-18(25)11-24(3)19(26)13(2)28-20(27)14-6-9-16(21)17(22)10-14/h4-10,13H,11,22H2,1-3H3,(H,23,25)/t13-/m1/s1. The van der Waals surface area contributed by atoms with Crippen molar-refractivity contribution in [2.24, 2.45) is 0 Å². The minimum absolute atomic E-state index is 0.178. The maximum absolute atomic E-state index is 12.4. The molecule has 8 heteroatoms. The van der Waals surface area contributed by atoms with Crippen molar-refractivity contribution in [3.05, 3.63) is 58.6 Å². The second-order valence-corrected chi connectivity index (χ2v) is 6.80. The Morgan fingerprint density at radius 1 is 1.18 bits per heavy atom. The number of hydrogen-bond acceptors (Lipinski definition) is 5. The molecule has 0 saturated heterocycles. The number of nitrogens with zero attached hydrogens (tertiary/aromatic N) is 1. The SMILES string of the molecule is Cc1ccc(NC(=O)CN(C)C(=O)[C@@H](C)OC(=O)c2ccc(Cl)c(N)c2)cc1. The summed E-state index contributed by atoms with van der Waals surface area (Å²) in [6.07, 6.45) is -1.07. The van der Waals surface area contributed by atoms with Crippen LogP contribution in [-0.2, 0) is 14.3 Å². The van der Waals surface area contributed by atoms with Crippen LogP contribution in [0, 0.1) is 6.92 Å². The van der Waals surface area contributed by atoms with Crippen molar-refractivity contribution in [2.45, 2.75) is 20.0 Å². The van der Waals surface area contributed by atoms with Gasteiger partial charge in [0.1, 0.15) is 0 Å². The zero-order chi connectivity index (χ0) is 20.8. The molecule has 2 rings (SSSR count). The van der Waals surface area contributed by atoms with Crippen molar-refractivity contribution in [3.8, 4) is 0 Å². The summed E-state index contributed by atoms with van der Waals surface area (Å²) in [5, 5.41) is 3.02. The highest BCUT2D eigenvalue weighted by Crippen LogP contribution is 2.20. The first-order valence-electron chi connectivity index (χ1n) is 8.55. The minimum atomic E-state index is -1.07. The molecule has 2 aromatic rings. The number of rotatable bonds is 6. The van der Waals surface area contributed by atoms with Crippen LogP contribution in [0.4, 0.5) is 11.4 Å². The first-order chi connectivity index (χ1) is 13.2. The lowest BCUT2D eigenvalue weighted by Crippen LogP contribution is -2.41. The molecular formula is C20H22ClN3O4. The number of ether oxygens (including phenoxy) is 1. The first-order valence-corrected chi connectivity index (χ1v) is 8.92. The van der Waals surface area contributed by atoms with Gasteiger partial charge in [-0.3, -0.25) is 9.59 Å². The van der Waals surface area contributed by atoms with E-state index in [1.54, 1.807) is 12.1 Å². The molecule has 0 unspecified atom stereocenters. The number of carbonyl (C=O) groups excluding carboxylic acids is 3. The number of esters is 1. The summed E-state index contributed by atoms with van der Waals surface area (Å²) in [6, 6.07) is 11.6. The fourth-order valence-electron chi connectivity index (χ4n) is 2.39. The highest BCUT2D eigenvalue weighted by atomic mass is 35.5. The molecule has 0 aliphatic heterocycles. The average Bonchev–Trinajstić information content (AvgIpc) is 2.64. The van der Waals surface area contributed by atoms with Crippen LogP contribution in [0.25, 0.3) is 0 Å². The lowest BCUT2D eigenvalue weighted by atomic mass is 10.2. The van der Waals surface area contributed by atoms with E-state index in [9.17, 15) is 14.4 Å². The van der Waals surface area contributed by atoms with Crippen LogP contribution in [0.5, 0.6) is 0 Å². The molecule has 28 heavy (non-hydrogen) atoms. The number of anilines is 2. The third-order valence-electron chi connectivity index (χ3n) is 3.96. The summed E-state index contributed by atoms with van der Waals surface area (Å²) in [5.41, 5.74) is 7.79. The Morgan fingerprint density at radius 3 is 2.43 bits per heavy atom. The van der Waals surface area contributed by atoms with Gasteiger partial charge < -0.3 is 20.7 Å². The summed E-state index contributed by atoms with van der Waals surface area (Å²) in [5.74, 6) is -1.57. The van der Waals surface area contributed by atoms with Crippen molar-refractivity contribution >= 4 is 40.8 Å². The molecule has 148 valence electrons. The Balaban J connectivity index is 1.90. The van der Waals surface area contributed by atoms with Gasteiger partial charge in [0.25, 0.3) is 5.91 Å². The van der Waals surface area contributed by atoms with E-state index in [1.807, 2.05) is 19.1 Å². The number of nitrogens with two attached hydrogens (primary N) is 1. The molecule has 3 N–H and O–H groups in total. The van der Waals surface area contributed by atoms with Gasteiger partial charge in [0.2, 0.25) is 5.91 Å². The topological polar surface area (TPSA) is 102 Å². The Hall–Kier alpha value is -3.06. The Bertz CT molecular complexity index is 884. The predicted octanol–water partition coefficient (Wildman–Crippen LogP) is 2.87. The third kappa shape index (κ3) is 5.72. The molecule has 0 aliphatic rings. The second-order valence-electron chi connectivity index (χ2n) is 6.39. The van der Waals surface area contributed by atoms with E-state index in [1.165, 1.54) is 37.1 Å². The highest BCUT2D eigenvalue weighted by Gasteiger charge is 2.24. The third-order valence-corrected chi connectivity index (χ3v) is 4.30. The number of likely N-dealkylation sites (N-methyl/N-ethyl adjacent to an activating group) is 1. The van der Waals surface area contributed by atoms with Crippen molar-refractivity contribution < 1.29 is 19.1 Å². The van der Waals surface area contributed by atoms with E-state index >= 15 is 0 Å². The van der Waals surface area contributed by atoms with Crippen molar-refractivity contribution in [1.29, 1.82) is 0 Å². The van der Waals surface area contributed by atoms with Crippen molar-refractivity contribution in [3.63, 3.8) is 0 Å². The molecule has 1 atom stereocenters. The van der Waals surface area contributed by atoms with E-state index in [-0.39, 0.29) is 23.7 Å². The van der Waals surface area contributed by atoms with Crippen LogP contribution in [0.2, 0.25) is 5.02 Å². The maximum atomic E-state index is 12.4. The number of halogens is 1. The Kier molecular flexibility index (Phi) is 7.00. The molecule has 2 aromatic carbocycles. The van der Waals surface area contributed by atoms with Crippen LogP contribution >= 0.6 is 11.6 Å². The van der Waals surface area contributed by atoms with Gasteiger partial charge in [0.15, 0.2) is 6.10 Å². The molecule has 0 aliphatic carbocycles. The van der Waals surface area contributed by atoms with Crippen LogP contribution in [0.3, 0.4) is 0 Å². The molecule has 0 aromatic heterocycles. The van der Waals surface area contributed by atoms with Gasteiger partial charge in [-0.2, -0.15) is 0 Å². The number of nitrogens with one attached hydrogen (secondary N) is 1. The van der Waals surface area contributed by atoms with Gasteiger partial charge >= 0.3 is 5.97 Å². The molecule has 7 nitrogen and oxygen atoms in total. The van der Waals surface area contributed by atoms with Crippen molar-refractivity contribution in [1.82, 2.24) is 4.90 Å². The van der Waals surface area contributed by atoms with Gasteiger partial charge in [-0.1, -0.05) is 29.3 Å². The number of carbonyl (C=O) groups is 3. The number of nitrogen functional groups attached to an aromatic ring is 1. The maximum Gasteiger partial charge on any atom is 0.338 e. The summed E-state index contributed by atoms with van der Waals surface area (Å²) >= 11 is 5.82. The first kappa shape index (κ1) is 21.2. The van der Waals surface area contributed by atoms with E-state index in [0.29, 0.717) is 10.7 Å². The molecule has 0 bridgehead atoms. The molecular weight excluding hydrogens is 382 g/mol.